The molecule has 0 saturated carbocycles. The van der Waals surface area contributed by atoms with Crippen LogP contribution in [0.15, 0.2) is 30.3 Å². The van der Waals surface area contributed by atoms with Gasteiger partial charge in [0.1, 0.15) is 12.4 Å². The molecule has 0 radical (unpaired) electrons. The molecule has 0 unspecified atom stereocenters. The fourth-order valence-electron chi connectivity index (χ4n) is 1.78. The third-order valence-corrected chi connectivity index (χ3v) is 3.33. The Bertz CT molecular complexity index is 690. The molecule has 0 aromatic heterocycles. The van der Waals surface area contributed by atoms with Crippen molar-refractivity contribution >= 4 is 15.9 Å². The average molecular weight is 356 g/mol. The second kappa shape index (κ2) is 6.64. The van der Waals surface area contributed by atoms with Crippen molar-refractivity contribution in [2.24, 2.45) is 0 Å². The molecule has 0 bridgehead atoms. The molecule has 108 valence electrons. The van der Waals surface area contributed by atoms with E-state index in [1.54, 1.807) is 6.07 Å². The molecule has 21 heavy (non-hydrogen) atoms. The van der Waals surface area contributed by atoms with Crippen LogP contribution in [-0.2, 0) is 11.9 Å². The number of hydrogen-bond acceptors (Lipinski definition) is 2. The number of alkyl halides is 1. The molecule has 2 aromatic carbocycles. The zero-order valence-electron chi connectivity index (χ0n) is 10.7. The van der Waals surface area contributed by atoms with Crippen LogP contribution in [0.4, 0.5) is 13.2 Å². The maximum atomic E-state index is 13.7. The summed E-state index contributed by atoms with van der Waals surface area (Å²) in [5, 5.41) is 9.05. The summed E-state index contributed by atoms with van der Waals surface area (Å²) >= 11 is 3.10. The molecular formula is C15H9BrF3NO. The Labute approximate surface area is 127 Å². The Morgan fingerprint density at radius 1 is 1.00 bits per heavy atom. The SMILES string of the molecule is N#Cc1cc(F)cc(COc2c(F)cc(CBr)cc2F)c1. The van der Waals surface area contributed by atoms with Gasteiger partial charge in [-0.2, -0.15) is 5.26 Å². The van der Waals surface area contributed by atoms with E-state index in [9.17, 15) is 13.2 Å². The lowest BCUT2D eigenvalue weighted by atomic mass is 10.1. The average Bonchev–Trinajstić information content (AvgIpc) is 2.45. The molecule has 6 heteroatoms. The number of nitrogens with zero attached hydrogens (tertiary/aromatic N) is 1. The first kappa shape index (κ1) is 15.4. The van der Waals surface area contributed by atoms with E-state index in [0.29, 0.717) is 16.5 Å². The normalized spacial score (nSPS) is 10.2. The summed E-state index contributed by atoms with van der Waals surface area (Å²) in [7, 11) is 0. The van der Waals surface area contributed by atoms with Crippen molar-refractivity contribution in [3.63, 3.8) is 0 Å². The fraction of sp³-hybridized carbons (Fsp3) is 0.133. The summed E-state index contributed by atoms with van der Waals surface area (Å²) in [6.07, 6.45) is 0. The molecule has 0 aliphatic heterocycles. The van der Waals surface area contributed by atoms with Crippen molar-refractivity contribution in [2.45, 2.75) is 11.9 Å². The maximum Gasteiger partial charge on any atom is 0.191 e. The van der Waals surface area contributed by atoms with Gasteiger partial charge in [0, 0.05) is 5.33 Å². The van der Waals surface area contributed by atoms with E-state index in [1.807, 2.05) is 0 Å². The van der Waals surface area contributed by atoms with Crippen molar-refractivity contribution in [1.29, 1.82) is 5.26 Å². The van der Waals surface area contributed by atoms with E-state index in [1.165, 1.54) is 6.07 Å². The van der Waals surface area contributed by atoms with Gasteiger partial charge in [-0.05, 0) is 41.5 Å². The Balaban J connectivity index is 2.21. The minimum atomic E-state index is -0.832. The van der Waals surface area contributed by atoms with Crippen LogP contribution in [0.25, 0.3) is 0 Å². The second-order valence-electron chi connectivity index (χ2n) is 4.27. The molecule has 0 saturated heterocycles. The second-order valence-corrected chi connectivity index (χ2v) is 4.83. The Kier molecular flexibility index (Phi) is 4.86. The first-order valence-electron chi connectivity index (χ1n) is 5.89. The van der Waals surface area contributed by atoms with Gasteiger partial charge in [0.05, 0.1) is 11.6 Å². The molecule has 0 atom stereocenters. The van der Waals surface area contributed by atoms with E-state index in [4.69, 9.17) is 10.00 Å². The highest BCUT2D eigenvalue weighted by Gasteiger charge is 2.13. The van der Waals surface area contributed by atoms with Crippen LogP contribution >= 0.6 is 15.9 Å². The summed E-state index contributed by atoms with van der Waals surface area (Å²) in [6, 6.07) is 7.70. The molecule has 0 fully saturated rings. The van der Waals surface area contributed by atoms with Crippen LogP contribution in [0.5, 0.6) is 5.75 Å². The summed E-state index contributed by atoms with van der Waals surface area (Å²) in [4.78, 5) is 0. The highest BCUT2D eigenvalue weighted by molar-refractivity contribution is 9.08. The zero-order valence-corrected chi connectivity index (χ0v) is 12.3. The quantitative estimate of drug-likeness (QED) is 0.759. The van der Waals surface area contributed by atoms with Crippen LogP contribution in [-0.4, -0.2) is 0 Å². The smallest absolute Gasteiger partial charge is 0.191 e. The predicted molar refractivity (Wildman–Crippen MR) is 74.4 cm³/mol. The third-order valence-electron chi connectivity index (χ3n) is 2.68. The summed E-state index contributed by atoms with van der Waals surface area (Å²) < 4.78 is 45.7. The minimum absolute atomic E-state index is 0.115. The van der Waals surface area contributed by atoms with E-state index in [2.05, 4.69) is 15.9 Å². The number of halogens is 4. The third kappa shape index (κ3) is 3.76. The number of benzene rings is 2. The van der Waals surface area contributed by atoms with Gasteiger partial charge in [-0.3, -0.25) is 0 Å². The van der Waals surface area contributed by atoms with Crippen LogP contribution in [0.1, 0.15) is 16.7 Å². The van der Waals surface area contributed by atoms with Crippen LogP contribution in [0.3, 0.4) is 0 Å². The monoisotopic (exact) mass is 355 g/mol. The number of ether oxygens (including phenoxy) is 1. The summed E-state index contributed by atoms with van der Waals surface area (Å²) in [6.45, 7) is -0.242. The molecule has 0 aliphatic carbocycles. The lowest BCUT2D eigenvalue weighted by Crippen LogP contribution is -2.01. The summed E-state index contributed by atoms with van der Waals surface area (Å²) in [5.41, 5.74) is 0.869. The van der Waals surface area contributed by atoms with Crippen molar-refractivity contribution in [2.75, 3.05) is 0 Å². The first-order chi connectivity index (χ1) is 10.0. The number of rotatable bonds is 4. The molecule has 0 amide bonds. The molecule has 2 rings (SSSR count). The van der Waals surface area contributed by atoms with Crippen molar-refractivity contribution in [3.8, 4) is 11.8 Å². The Hall–Kier alpha value is -2.00. The molecular weight excluding hydrogens is 347 g/mol. The minimum Gasteiger partial charge on any atom is -0.483 e. The van der Waals surface area contributed by atoms with Gasteiger partial charge >= 0.3 is 0 Å². The van der Waals surface area contributed by atoms with Crippen LogP contribution in [0, 0.1) is 28.8 Å². The predicted octanol–water partition coefficient (Wildman–Crippen LogP) is 4.45. The number of hydrogen-bond donors (Lipinski definition) is 0. The van der Waals surface area contributed by atoms with Gasteiger partial charge < -0.3 is 4.74 Å². The lowest BCUT2D eigenvalue weighted by molar-refractivity contribution is 0.273. The molecule has 0 spiro atoms. The Morgan fingerprint density at radius 2 is 1.67 bits per heavy atom. The van der Waals surface area contributed by atoms with Gasteiger partial charge in [0.25, 0.3) is 0 Å². The van der Waals surface area contributed by atoms with Crippen LogP contribution < -0.4 is 4.74 Å². The molecule has 0 N–H and O–H groups in total. The lowest BCUT2D eigenvalue weighted by Gasteiger charge is -2.10. The molecule has 2 aromatic rings. The van der Waals surface area contributed by atoms with E-state index < -0.39 is 23.2 Å². The highest BCUT2D eigenvalue weighted by Crippen LogP contribution is 2.25. The van der Waals surface area contributed by atoms with Gasteiger partial charge in [-0.15, -0.1) is 0 Å². The van der Waals surface area contributed by atoms with Gasteiger partial charge in [-0.1, -0.05) is 15.9 Å². The van der Waals surface area contributed by atoms with Crippen LogP contribution in [0.2, 0.25) is 0 Å². The van der Waals surface area contributed by atoms with Gasteiger partial charge in [0.2, 0.25) is 0 Å². The molecule has 0 heterocycles. The van der Waals surface area contributed by atoms with Crippen molar-refractivity contribution in [1.82, 2.24) is 0 Å². The van der Waals surface area contributed by atoms with E-state index >= 15 is 0 Å². The van der Waals surface area contributed by atoms with E-state index in [-0.39, 0.29) is 12.2 Å². The fourth-order valence-corrected chi connectivity index (χ4v) is 2.10. The summed E-state index contributed by atoms with van der Waals surface area (Å²) in [5.74, 6) is -2.80. The van der Waals surface area contributed by atoms with Crippen molar-refractivity contribution in [3.05, 3.63) is 64.5 Å². The largest absolute Gasteiger partial charge is 0.483 e. The van der Waals surface area contributed by atoms with E-state index in [0.717, 1.165) is 24.3 Å². The zero-order chi connectivity index (χ0) is 15.4. The first-order valence-corrected chi connectivity index (χ1v) is 7.02. The van der Waals surface area contributed by atoms with Crippen molar-refractivity contribution < 1.29 is 17.9 Å². The highest BCUT2D eigenvalue weighted by atomic mass is 79.9. The molecule has 0 aliphatic rings. The standard InChI is InChI=1S/C15H9BrF3NO/c16-6-9-4-13(18)15(14(19)5-9)21-8-11-1-10(7-20)2-12(17)3-11/h1-5H,6,8H2. The van der Waals surface area contributed by atoms with Gasteiger partial charge in [0.15, 0.2) is 17.4 Å². The van der Waals surface area contributed by atoms with Gasteiger partial charge in [-0.25, -0.2) is 13.2 Å². The number of nitriles is 1. The molecule has 2 nitrogen and oxygen atoms in total. The topological polar surface area (TPSA) is 33.0 Å². The Morgan fingerprint density at radius 3 is 2.24 bits per heavy atom. The maximum absolute atomic E-state index is 13.7.